The number of nitrogens with zero attached hydrogens (tertiary/aromatic N) is 6. The highest BCUT2D eigenvalue weighted by molar-refractivity contribution is 7.89. The van der Waals surface area contributed by atoms with Crippen LogP contribution in [0.3, 0.4) is 0 Å². The summed E-state index contributed by atoms with van der Waals surface area (Å²) in [6.45, 7) is 7.51. The third-order valence-electron chi connectivity index (χ3n) is 5.74. The first-order valence-electron chi connectivity index (χ1n) is 10.3. The lowest BCUT2D eigenvalue weighted by atomic mass is 10.2. The molecule has 0 spiro atoms. The van der Waals surface area contributed by atoms with Crippen LogP contribution in [0.2, 0.25) is 0 Å². The fraction of sp³-hybridized carbons (Fsp3) is 0.318. The van der Waals surface area contributed by atoms with E-state index in [0.29, 0.717) is 42.8 Å². The molecule has 0 aliphatic carbocycles. The molecular formula is C22H24N6O2S. The van der Waals surface area contributed by atoms with E-state index in [1.54, 1.807) is 14.9 Å². The molecule has 1 aliphatic rings. The van der Waals surface area contributed by atoms with Gasteiger partial charge in [-0.15, -0.1) is 5.10 Å². The van der Waals surface area contributed by atoms with Crippen LogP contribution in [0.1, 0.15) is 17.0 Å². The zero-order valence-corrected chi connectivity index (χ0v) is 18.6. The minimum absolute atomic E-state index is 0.379. The smallest absolute Gasteiger partial charge is 0.243 e. The first-order valence-corrected chi connectivity index (χ1v) is 11.7. The highest BCUT2D eigenvalue weighted by Crippen LogP contribution is 2.26. The summed E-state index contributed by atoms with van der Waals surface area (Å²) in [4.78, 5) is 11.9. The number of fused-ring (bicyclic) bond motifs is 3. The second-order valence-corrected chi connectivity index (χ2v) is 9.89. The van der Waals surface area contributed by atoms with Crippen molar-refractivity contribution in [2.24, 2.45) is 0 Å². The molecule has 0 radical (unpaired) electrons. The predicted molar refractivity (Wildman–Crippen MR) is 120 cm³/mol. The van der Waals surface area contributed by atoms with E-state index in [4.69, 9.17) is 4.98 Å². The molecule has 31 heavy (non-hydrogen) atoms. The van der Waals surface area contributed by atoms with E-state index in [-0.39, 0.29) is 0 Å². The third kappa shape index (κ3) is 3.34. The summed E-state index contributed by atoms with van der Waals surface area (Å²) in [5.74, 6) is 1.37. The Morgan fingerprint density at radius 1 is 0.903 bits per heavy atom. The molecule has 160 valence electrons. The van der Waals surface area contributed by atoms with Gasteiger partial charge in [0.25, 0.3) is 0 Å². The first kappa shape index (κ1) is 19.9. The number of aromatic nitrogens is 4. The van der Waals surface area contributed by atoms with Gasteiger partial charge in [0, 0.05) is 31.6 Å². The Bertz CT molecular complexity index is 1400. The van der Waals surface area contributed by atoms with Gasteiger partial charge in [-0.05, 0) is 44.5 Å². The Labute approximate surface area is 181 Å². The van der Waals surface area contributed by atoms with Crippen LogP contribution in [0.25, 0.3) is 16.6 Å². The summed E-state index contributed by atoms with van der Waals surface area (Å²) in [6.07, 6.45) is 0. The minimum atomic E-state index is -3.54. The maximum absolute atomic E-state index is 13.2. The van der Waals surface area contributed by atoms with Crippen LogP contribution in [0.5, 0.6) is 0 Å². The van der Waals surface area contributed by atoms with Crippen LogP contribution in [0, 0.1) is 20.8 Å². The minimum Gasteiger partial charge on any atom is -0.338 e. The van der Waals surface area contributed by atoms with Crippen LogP contribution < -0.4 is 4.90 Å². The maximum atomic E-state index is 13.2. The highest BCUT2D eigenvalue weighted by Gasteiger charge is 2.31. The quantitative estimate of drug-likeness (QED) is 0.491. The van der Waals surface area contributed by atoms with Gasteiger partial charge < -0.3 is 4.90 Å². The van der Waals surface area contributed by atoms with Gasteiger partial charge >= 0.3 is 0 Å². The third-order valence-corrected chi connectivity index (χ3v) is 7.80. The van der Waals surface area contributed by atoms with Crippen LogP contribution in [-0.2, 0) is 10.0 Å². The van der Waals surface area contributed by atoms with Crippen molar-refractivity contribution in [1.82, 2.24) is 23.9 Å². The lowest BCUT2D eigenvalue weighted by molar-refractivity contribution is 0.381. The molecule has 9 heteroatoms. The second kappa shape index (κ2) is 7.28. The monoisotopic (exact) mass is 436 g/mol. The molecule has 2 aromatic carbocycles. The largest absolute Gasteiger partial charge is 0.338 e. The molecule has 3 heterocycles. The van der Waals surface area contributed by atoms with E-state index in [1.165, 1.54) is 0 Å². The van der Waals surface area contributed by atoms with Crippen molar-refractivity contribution in [2.45, 2.75) is 25.7 Å². The summed E-state index contributed by atoms with van der Waals surface area (Å²) >= 11 is 0. The normalized spacial score (nSPS) is 15.8. The maximum Gasteiger partial charge on any atom is 0.243 e. The number of hydrogen-bond acceptors (Lipinski definition) is 6. The standard InChI is InChI=1S/C22H24N6O2S/c1-15-8-9-20(16(2)14-15)31(29,30)27-12-10-26(11-13-27)22-24-19-7-5-4-6-18(19)21-23-17(3)25-28(21)22/h4-9,14H,10-13H2,1-3H3. The lowest BCUT2D eigenvalue weighted by Crippen LogP contribution is -2.49. The van der Waals surface area contributed by atoms with Gasteiger partial charge in [0.15, 0.2) is 5.65 Å². The van der Waals surface area contributed by atoms with Crippen LogP contribution in [0.4, 0.5) is 5.95 Å². The molecule has 0 saturated carbocycles. The molecule has 5 rings (SSSR count). The molecule has 0 unspecified atom stereocenters. The van der Waals surface area contributed by atoms with Crippen LogP contribution in [0.15, 0.2) is 47.4 Å². The van der Waals surface area contributed by atoms with E-state index >= 15 is 0 Å². The van der Waals surface area contributed by atoms with Gasteiger partial charge in [-0.1, -0.05) is 29.8 Å². The molecule has 1 fully saturated rings. The molecular weight excluding hydrogens is 412 g/mol. The Kier molecular flexibility index (Phi) is 4.67. The van der Waals surface area contributed by atoms with E-state index < -0.39 is 10.0 Å². The molecule has 0 N–H and O–H groups in total. The number of para-hydroxylation sites is 1. The van der Waals surface area contributed by atoms with Gasteiger partial charge in [-0.2, -0.15) is 8.82 Å². The number of rotatable bonds is 3. The molecule has 0 bridgehead atoms. The van der Waals surface area contributed by atoms with Gasteiger partial charge in [0.05, 0.1) is 10.4 Å². The Morgan fingerprint density at radius 2 is 1.65 bits per heavy atom. The SMILES string of the molecule is Cc1ccc(S(=O)(=O)N2CCN(c3nc4ccccc4c4nc(C)nn34)CC2)c(C)c1. The molecule has 1 aliphatic heterocycles. The zero-order chi connectivity index (χ0) is 21.8. The number of aryl methyl sites for hydroxylation is 3. The highest BCUT2D eigenvalue weighted by atomic mass is 32.2. The van der Waals surface area contributed by atoms with Crippen molar-refractivity contribution >= 4 is 32.5 Å². The zero-order valence-electron chi connectivity index (χ0n) is 17.8. The van der Waals surface area contributed by atoms with Gasteiger partial charge in [-0.25, -0.2) is 18.4 Å². The van der Waals surface area contributed by atoms with Crippen molar-refractivity contribution in [1.29, 1.82) is 0 Å². The van der Waals surface area contributed by atoms with Crippen LogP contribution in [-0.4, -0.2) is 58.5 Å². The van der Waals surface area contributed by atoms with Crippen molar-refractivity contribution in [3.63, 3.8) is 0 Å². The summed E-state index contributed by atoms with van der Waals surface area (Å²) in [7, 11) is -3.54. The van der Waals surface area contributed by atoms with Gasteiger partial charge in [-0.3, -0.25) is 0 Å². The van der Waals surface area contributed by atoms with E-state index in [1.807, 2.05) is 57.2 Å². The Morgan fingerprint density at radius 3 is 2.39 bits per heavy atom. The van der Waals surface area contributed by atoms with E-state index in [0.717, 1.165) is 27.7 Å². The number of piperazine rings is 1. The van der Waals surface area contributed by atoms with Crippen molar-refractivity contribution in [3.8, 4) is 0 Å². The number of benzene rings is 2. The van der Waals surface area contributed by atoms with Crippen LogP contribution >= 0.6 is 0 Å². The van der Waals surface area contributed by atoms with Gasteiger partial charge in [0.1, 0.15) is 5.82 Å². The predicted octanol–water partition coefficient (Wildman–Crippen LogP) is 2.71. The number of sulfonamides is 1. The fourth-order valence-corrected chi connectivity index (χ4v) is 5.83. The average Bonchev–Trinajstić information content (AvgIpc) is 3.14. The summed E-state index contributed by atoms with van der Waals surface area (Å²) in [5.41, 5.74) is 3.44. The molecule has 8 nitrogen and oxygen atoms in total. The fourth-order valence-electron chi connectivity index (χ4n) is 4.21. The number of hydrogen-bond donors (Lipinski definition) is 0. The summed E-state index contributed by atoms with van der Waals surface area (Å²) in [5, 5.41) is 5.49. The molecule has 4 aromatic rings. The lowest BCUT2D eigenvalue weighted by Gasteiger charge is -2.34. The van der Waals surface area contributed by atoms with Crippen molar-refractivity contribution in [2.75, 3.05) is 31.1 Å². The molecule has 1 saturated heterocycles. The molecule has 2 aromatic heterocycles. The molecule has 0 amide bonds. The average molecular weight is 437 g/mol. The first-order chi connectivity index (χ1) is 14.8. The van der Waals surface area contributed by atoms with Crippen molar-refractivity contribution in [3.05, 3.63) is 59.4 Å². The molecule has 0 atom stereocenters. The van der Waals surface area contributed by atoms with E-state index in [2.05, 4.69) is 15.0 Å². The Balaban J connectivity index is 1.46. The summed E-state index contributed by atoms with van der Waals surface area (Å²) < 4.78 is 29.8. The van der Waals surface area contributed by atoms with Gasteiger partial charge in [0.2, 0.25) is 16.0 Å². The van der Waals surface area contributed by atoms with E-state index in [9.17, 15) is 8.42 Å². The second-order valence-electron chi connectivity index (χ2n) is 7.98. The topological polar surface area (TPSA) is 83.7 Å². The Hall–Kier alpha value is -3.04. The number of anilines is 1. The van der Waals surface area contributed by atoms with Crippen molar-refractivity contribution < 1.29 is 8.42 Å². The summed E-state index contributed by atoms with van der Waals surface area (Å²) in [6, 6.07) is 13.3.